The standard InChI is InChI=1S/C24H35N9O/c1-4-7-19(23(34)31(2)3)33(18-8-5-6-9-18)21-10-11-26-24(30-21)29-20-16-28-22(17-27-20)32-14-12-25-13-15-32/h7,10-11,16-18,25H,4-6,8-9,12-15H2,1-3H3,(H,26,27,29,30)/b19-7-. The Labute approximate surface area is 201 Å². The highest BCUT2D eigenvalue weighted by molar-refractivity contribution is 5.96. The Hall–Kier alpha value is -3.27. The van der Waals surface area contributed by atoms with Crippen molar-refractivity contribution in [3.63, 3.8) is 0 Å². The summed E-state index contributed by atoms with van der Waals surface area (Å²) in [5.74, 6) is 2.57. The van der Waals surface area contributed by atoms with Gasteiger partial charge in [-0.1, -0.05) is 25.8 Å². The fourth-order valence-corrected chi connectivity index (χ4v) is 4.48. The normalized spacial score (nSPS) is 17.0. The molecule has 10 nitrogen and oxygen atoms in total. The van der Waals surface area contributed by atoms with E-state index in [0.29, 0.717) is 23.3 Å². The number of allylic oxidation sites excluding steroid dienone is 1. The van der Waals surface area contributed by atoms with Gasteiger partial charge in [0.25, 0.3) is 5.91 Å². The highest BCUT2D eigenvalue weighted by atomic mass is 16.2. The van der Waals surface area contributed by atoms with Crippen LogP contribution in [0.5, 0.6) is 0 Å². The van der Waals surface area contributed by atoms with Gasteiger partial charge in [-0.2, -0.15) is 4.98 Å². The number of anilines is 4. The smallest absolute Gasteiger partial charge is 0.269 e. The summed E-state index contributed by atoms with van der Waals surface area (Å²) in [6.45, 7) is 5.78. The number of hydrogen-bond acceptors (Lipinski definition) is 9. The monoisotopic (exact) mass is 465 g/mol. The molecule has 1 saturated carbocycles. The largest absolute Gasteiger partial charge is 0.353 e. The van der Waals surface area contributed by atoms with Crippen LogP contribution in [-0.4, -0.2) is 77.1 Å². The number of carbonyl (C=O) groups is 1. The third kappa shape index (κ3) is 5.61. The van der Waals surface area contributed by atoms with E-state index in [1.807, 2.05) is 19.1 Å². The second-order valence-corrected chi connectivity index (χ2v) is 8.87. The van der Waals surface area contributed by atoms with Crippen molar-refractivity contribution in [1.82, 2.24) is 30.2 Å². The number of piperazine rings is 1. The van der Waals surface area contributed by atoms with Gasteiger partial charge in [0.2, 0.25) is 5.95 Å². The summed E-state index contributed by atoms with van der Waals surface area (Å²) in [5.41, 5.74) is 0.671. The summed E-state index contributed by atoms with van der Waals surface area (Å²) in [7, 11) is 3.57. The van der Waals surface area contributed by atoms with Crippen molar-refractivity contribution < 1.29 is 4.79 Å². The summed E-state index contributed by atoms with van der Waals surface area (Å²) in [6, 6.07) is 2.11. The zero-order valence-electron chi connectivity index (χ0n) is 20.4. The minimum atomic E-state index is -0.0174. The van der Waals surface area contributed by atoms with Gasteiger partial charge in [-0.25, -0.2) is 15.0 Å². The Balaban J connectivity index is 1.57. The van der Waals surface area contributed by atoms with Crippen molar-refractivity contribution >= 4 is 29.3 Å². The van der Waals surface area contributed by atoms with E-state index in [1.54, 1.807) is 37.6 Å². The molecule has 1 amide bonds. The molecule has 0 atom stereocenters. The number of carbonyl (C=O) groups excluding carboxylic acids is 1. The molecule has 0 radical (unpaired) electrons. The first-order valence-electron chi connectivity index (χ1n) is 12.2. The van der Waals surface area contributed by atoms with E-state index in [0.717, 1.165) is 64.1 Å². The highest BCUT2D eigenvalue weighted by Gasteiger charge is 2.30. The predicted octanol–water partition coefficient (Wildman–Crippen LogP) is 2.55. The van der Waals surface area contributed by atoms with Crippen molar-refractivity contribution in [1.29, 1.82) is 0 Å². The second-order valence-electron chi connectivity index (χ2n) is 8.87. The lowest BCUT2D eigenvalue weighted by atomic mass is 10.1. The lowest BCUT2D eigenvalue weighted by Gasteiger charge is -2.33. The third-order valence-corrected chi connectivity index (χ3v) is 6.18. The van der Waals surface area contributed by atoms with Gasteiger partial charge in [-0.3, -0.25) is 4.79 Å². The van der Waals surface area contributed by atoms with Crippen LogP contribution in [0.25, 0.3) is 0 Å². The first kappa shape index (κ1) is 23.9. The highest BCUT2D eigenvalue weighted by Crippen LogP contribution is 2.31. The molecule has 2 fully saturated rings. The maximum atomic E-state index is 13.1. The van der Waals surface area contributed by atoms with Gasteiger partial charge in [-0.05, 0) is 25.3 Å². The molecule has 0 spiro atoms. The Morgan fingerprint density at radius 1 is 1.18 bits per heavy atom. The molecule has 2 aliphatic rings. The Morgan fingerprint density at radius 3 is 2.59 bits per heavy atom. The maximum absolute atomic E-state index is 13.1. The third-order valence-electron chi connectivity index (χ3n) is 6.18. The lowest BCUT2D eigenvalue weighted by molar-refractivity contribution is -0.124. The lowest BCUT2D eigenvalue weighted by Crippen LogP contribution is -2.43. The summed E-state index contributed by atoms with van der Waals surface area (Å²) in [6.07, 6.45) is 12.4. The van der Waals surface area contributed by atoms with Crippen LogP contribution in [0.1, 0.15) is 39.0 Å². The average Bonchev–Trinajstić information content (AvgIpc) is 3.39. The molecule has 2 aromatic heterocycles. The molecule has 4 rings (SSSR count). The second kappa shape index (κ2) is 11.2. The van der Waals surface area contributed by atoms with Gasteiger partial charge in [0.1, 0.15) is 17.3 Å². The fraction of sp³-hybridized carbons (Fsp3) is 0.542. The van der Waals surface area contributed by atoms with Gasteiger partial charge in [0.05, 0.1) is 12.4 Å². The Bertz CT molecular complexity index is 980. The predicted molar refractivity (Wildman–Crippen MR) is 134 cm³/mol. The molecule has 1 aliphatic heterocycles. The number of rotatable bonds is 8. The van der Waals surface area contributed by atoms with Gasteiger partial charge in [-0.15, -0.1) is 0 Å². The van der Waals surface area contributed by atoms with E-state index in [2.05, 4.69) is 35.4 Å². The van der Waals surface area contributed by atoms with Crippen LogP contribution in [0, 0.1) is 0 Å². The first-order chi connectivity index (χ1) is 16.6. The van der Waals surface area contributed by atoms with Crippen LogP contribution in [0.4, 0.5) is 23.4 Å². The molecule has 3 heterocycles. The fourth-order valence-electron chi connectivity index (χ4n) is 4.48. The molecular formula is C24H35N9O. The number of nitrogens with zero attached hydrogens (tertiary/aromatic N) is 7. The number of hydrogen-bond donors (Lipinski definition) is 2. The minimum absolute atomic E-state index is 0.0174. The van der Waals surface area contributed by atoms with Crippen LogP contribution < -0.4 is 20.4 Å². The Morgan fingerprint density at radius 2 is 1.94 bits per heavy atom. The van der Waals surface area contributed by atoms with E-state index >= 15 is 0 Å². The molecule has 2 N–H and O–H groups in total. The number of likely N-dealkylation sites (N-methyl/N-ethyl adjacent to an activating group) is 1. The van der Waals surface area contributed by atoms with E-state index in [4.69, 9.17) is 4.98 Å². The zero-order valence-corrected chi connectivity index (χ0v) is 20.4. The molecule has 2 aromatic rings. The molecule has 10 heteroatoms. The number of amides is 1. The molecule has 0 bridgehead atoms. The number of nitrogens with one attached hydrogen (secondary N) is 2. The van der Waals surface area contributed by atoms with Crippen LogP contribution >= 0.6 is 0 Å². The first-order valence-corrected chi connectivity index (χ1v) is 12.2. The average molecular weight is 466 g/mol. The van der Waals surface area contributed by atoms with E-state index in [9.17, 15) is 4.79 Å². The van der Waals surface area contributed by atoms with Gasteiger partial charge in [0.15, 0.2) is 5.82 Å². The summed E-state index contributed by atoms with van der Waals surface area (Å²) in [4.78, 5) is 37.3. The topological polar surface area (TPSA) is 102 Å². The maximum Gasteiger partial charge on any atom is 0.269 e. The summed E-state index contributed by atoms with van der Waals surface area (Å²) in [5, 5.41) is 6.52. The van der Waals surface area contributed by atoms with Crippen molar-refractivity contribution in [3.8, 4) is 0 Å². The van der Waals surface area contributed by atoms with E-state index in [-0.39, 0.29) is 11.9 Å². The van der Waals surface area contributed by atoms with E-state index < -0.39 is 0 Å². The van der Waals surface area contributed by atoms with Crippen LogP contribution in [0.15, 0.2) is 36.4 Å². The molecule has 1 saturated heterocycles. The molecule has 182 valence electrons. The molecule has 1 aliphatic carbocycles. The van der Waals surface area contributed by atoms with Gasteiger partial charge < -0.3 is 25.3 Å². The van der Waals surface area contributed by atoms with Crippen molar-refractivity contribution in [2.24, 2.45) is 0 Å². The molecular weight excluding hydrogens is 430 g/mol. The van der Waals surface area contributed by atoms with Crippen LogP contribution in [-0.2, 0) is 4.79 Å². The van der Waals surface area contributed by atoms with Crippen molar-refractivity contribution in [2.45, 2.75) is 45.1 Å². The molecule has 34 heavy (non-hydrogen) atoms. The van der Waals surface area contributed by atoms with Crippen LogP contribution in [0.3, 0.4) is 0 Å². The van der Waals surface area contributed by atoms with Gasteiger partial charge in [0, 0.05) is 52.5 Å². The minimum Gasteiger partial charge on any atom is -0.353 e. The van der Waals surface area contributed by atoms with Crippen molar-refractivity contribution in [3.05, 3.63) is 36.4 Å². The SMILES string of the molecule is CC/C=C(/C(=O)N(C)C)N(c1ccnc(Nc2cnc(N3CCNCC3)cn2)n1)C1CCCC1. The molecule has 0 unspecified atom stereocenters. The van der Waals surface area contributed by atoms with Crippen LogP contribution in [0.2, 0.25) is 0 Å². The Kier molecular flexibility index (Phi) is 7.89. The number of aromatic nitrogens is 4. The molecule has 0 aromatic carbocycles. The van der Waals surface area contributed by atoms with Crippen molar-refractivity contribution in [2.75, 3.05) is 55.4 Å². The van der Waals surface area contributed by atoms with E-state index in [1.165, 1.54) is 0 Å². The zero-order chi connectivity index (χ0) is 23.9. The van der Waals surface area contributed by atoms with Gasteiger partial charge >= 0.3 is 0 Å². The summed E-state index contributed by atoms with van der Waals surface area (Å²) >= 11 is 0. The quantitative estimate of drug-likeness (QED) is 0.569. The summed E-state index contributed by atoms with van der Waals surface area (Å²) < 4.78 is 0.